The number of carbonyl (C=O) groups is 2. The number of nitrogens with zero attached hydrogens (tertiary/aromatic N) is 1. The molecule has 0 radical (unpaired) electrons. The lowest BCUT2D eigenvalue weighted by Gasteiger charge is -2.44. The Morgan fingerprint density at radius 3 is 2.21 bits per heavy atom. The van der Waals surface area contributed by atoms with Gasteiger partial charge in [-0.2, -0.15) is 0 Å². The van der Waals surface area contributed by atoms with Crippen molar-refractivity contribution in [1.29, 1.82) is 0 Å². The smallest absolute Gasteiger partial charge is 0.255 e. The summed E-state index contributed by atoms with van der Waals surface area (Å²) in [6.07, 6.45) is -6.03. The maximum absolute atomic E-state index is 11.6. The Morgan fingerprint density at radius 2 is 1.68 bits per heavy atom. The van der Waals surface area contributed by atoms with E-state index in [0.29, 0.717) is 4.90 Å². The molecule has 2 saturated heterocycles. The van der Waals surface area contributed by atoms with Gasteiger partial charge in [0.2, 0.25) is 0 Å². The first-order chi connectivity index (χ1) is 8.97. The Hall–Kier alpha value is -1.10. The van der Waals surface area contributed by atoms with Crippen molar-refractivity contribution >= 4 is 11.8 Å². The molecular formula is C10H15NO8. The highest BCUT2D eigenvalue weighted by Gasteiger charge is 2.50. The van der Waals surface area contributed by atoms with Crippen LogP contribution in [0.1, 0.15) is 0 Å². The molecule has 4 N–H and O–H groups in total. The molecule has 2 rings (SSSR count). The predicted octanol–water partition coefficient (Wildman–Crippen LogP) is -3.83. The molecule has 0 bridgehead atoms. The zero-order chi connectivity index (χ0) is 14.2. The third kappa shape index (κ3) is 2.48. The van der Waals surface area contributed by atoms with Crippen molar-refractivity contribution in [2.45, 2.75) is 30.6 Å². The first-order valence-electron chi connectivity index (χ1n) is 5.70. The average molecular weight is 277 g/mol. The van der Waals surface area contributed by atoms with Crippen molar-refractivity contribution in [1.82, 2.24) is 4.90 Å². The molecule has 108 valence electrons. The summed E-state index contributed by atoms with van der Waals surface area (Å²) in [5, 5.41) is 38.3. The second kappa shape index (κ2) is 5.49. The number of rotatable bonds is 2. The monoisotopic (exact) mass is 277 g/mol. The third-order valence-electron chi connectivity index (χ3n) is 3.15. The fourth-order valence-corrected chi connectivity index (χ4v) is 2.20. The highest BCUT2D eigenvalue weighted by Crippen LogP contribution is 2.25. The van der Waals surface area contributed by atoms with Crippen molar-refractivity contribution in [2.24, 2.45) is 0 Å². The fourth-order valence-electron chi connectivity index (χ4n) is 2.20. The number of ether oxygens (including phenoxy) is 2. The van der Waals surface area contributed by atoms with Gasteiger partial charge in [0, 0.05) is 0 Å². The van der Waals surface area contributed by atoms with Gasteiger partial charge in [0.25, 0.3) is 11.8 Å². The molecule has 19 heavy (non-hydrogen) atoms. The molecule has 2 fully saturated rings. The van der Waals surface area contributed by atoms with Crippen LogP contribution in [-0.4, -0.2) is 87.6 Å². The number of aliphatic hydroxyl groups is 4. The molecular weight excluding hydrogens is 262 g/mol. The largest absolute Gasteiger partial charge is 0.394 e. The van der Waals surface area contributed by atoms with Crippen LogP contribution in [0.5, 0.6) is 0 Å². The quantitative estimate of drug-likeness (QED) is 0.377. The van der Waals surface area contributed by atoms with Crippen LogP contribution < -0.4 is 0 Å². The molecule has 2 aliphatic rings. The van der Waals surface area contributed by atoms with Gasteiger partial charge in [-0.25, -0.2) is 0 Å². The first kappa shape index (κ1) is 14.3. The number of carbonyl (C=O) groups excluding carboxylic acids is 2. The van der Waals surface area contributed by atoms with Crippen molar-refractivity contribution in [3.05, 3.63) is 0 Å². The lowest BCUT2D eigenvalue weighted by Crippen LogP contribution is -2.67. The lowest BCUT2D eigenvalue weighted by molar-refractivity contribution is -0.270. The number of morpholine rings is 1. The molecule has 0 aliphatic carbocycles. The van der Waals surface area contributed by atoms with Gasteiger partial charge in [0.15, 0.2) is 6.29 Å². The van der Waals surface area contributed by atoms with E-state index >= 15 is 0 Å². The molecule has 2 aliphatic heterocycles. The summed E-state index contributed by atoms with van der Waals surface area (Å²) in [6.45, 7) is -1.34. The van der Waals surface area contributed by atoms with Crippen LogP contribution in [0.2, 0.25) is 0 Å². The Kier molecular flexibility index (Phi) is 4.13. The Morgan fingerprint density at radius 1 is 1.11 bits per heavy atom. The van der Waals surface area contributed by atoms with E-state index in [1.54, 1.807) is 0 Å². The van der Waals surface area contributed by atoms with Crippen molar-refractivity contribution in [2.75, 3.05) is 19.8 Å². The number of hydrogen-bond donors (Lipinski definition) is 4. The van der Waals surface area contributed by atoms with E-state index < -0.39 is 49.1 Å². The van der Waals surface area contributed by atoms with Crippen LogP contribution in [0, 0.1) is 0 Å². The first-order valence-corrected chi connectivity index (χ1v) is 5.70. The fraction of sp³-hybridized carbons (Fsp3) is 0.800. The molecule has 0 spiro atoms. The molecule has 0 aromatic rings. The summed E-state index contributed by atoms with van der Waals surface area (Å²) >= 11 is 0. The molecule has 0 aromatic heterocycles. The molecule has 2 heterocycles. The minimum atomic E-state index is -1.69. The third-order valence-corrected chi connectivity index (χ3v) is 3.15. The van der Waals surface area contributed by atoms with Crippen LogP contribution in [0.3, 0.4) is 0 Å². The summed E-state index contributed by atoms with van der Waals surface area (Å²) in [6, 6.07) is -1.43. The van der Waals surface area contributed by atoms with Crippen LogP contribution in [0.15, 0.2) is 0 Å². The number of imide groups is 1. The summed E-state index contributed by atoms with van der Waals surface area (Å²) < 4.78 is 9.60. The number of amides is 2. The molecule has 9 nitrogen and oxygen atoms in total. The Bertz CT molecular complexity index is 359. The van der Waals surface area contributed by atoms with Gasteiger partial charge < -0.3 is 29.9 Å². The van der Waals surface area contributed by atoms with Crippen LogP contribution in [0.4, 0.5) is 0 Å². The van der Waals surface area contributed by atoms with E-state index in [1.165, 1.54) is 0 Å². The van der Waals surface area contributed by atoms with Crippen LogP contribution >= 0.6 is 0 Å². The van der Waals surface area contributed by atoms with Gasteiger partial charge in [0.05, 0.1) is 6.61 Å². The SMILES string of the molecule is O=C1COCC(=O)N1[C@@H]1[C@@H](O)[C@H](O)[C@@H](CO)O[C@H]1O. The molecule has 0 unspecified atom stereocenters. The molecule has 2 amide bonds. The Balaban J connectivity index is 2.22. The van der Waals surface area contributed by atoms with E-state index in [4.69, 9.17) is 14.6 Å². The molecule has 0 aromatic carbocycles. The summed E-state index contributed by atoms with van der Waals surface area (Å²) in [5.74, 6) is -1.48. The van der Waals surface area contributed by atoms with Gasteiger partial charge in [-0.3, -0.25) is 14.5 Å². The lowest BCUT2D eigenvalue weighted by atomic mass is 9.95. The maximum Gasteiger partial charge on any atom is 0.255 e. The highest BCUT2D eigenvalue weighted by molar-refractivity contribution is 5.98. The van der Waals surface area contributed by atoms with Gasteiger partial charge in [0.1, 0.15) is 37.6 Å². The van der Waals surface area contributed by atoms with Crippen molar-refractivity contribution in [3.63, 3.8) is 0 Å². The van der Waals surface area contributed by atoms with E-state index in [9.17, 15) is 24.9 Å². The van der Waals surface area contributed by atoms with Crippen LogP contribution in [0.25, 0.3) is 0 Å². The number of aliphatic hydroxyl groups excluding tert-OH is 4. The zero-order valence-corrected chi connectivity index (χ0v) is 9.88. The zero-order valence-electron chi connectivity index (χ0n) is 9.88. The van der Waals surface area contributed by atoms with E-state index in [-0.39, 0.29) is 13.2 Å². The maximum atomic E-state index is 11.6. The van der Waals surface area contributed by atoms with Crippen molar-refractivity contribution in [3.8, 4) is 0 Å². The topological polar surface area (TPSA) is 137 Å². The second-order valence-electron chi connectivity index (χ2n) is 4.37. The van der Waals surface area contributed by atoms with Gasteiger partial charge in [-0.15, -0.1) is 0 Å². The molecule has 9 heteroatoms. The van der Waals surface area contributed by atoms with E-state index in [2.05, 4.69) is 0 Å². The summed E-state index contributed by atoms with van der Waals surface area (Å²) in [4.78, 5) is 23.9. The van der Waals surface area contributed by atoms with Gasteiger partial charge in [-0.05, 0) is 0 Å². The van der Waals surface area contributed by atoms with E-state index in [0.717, 1.165) is 0 Å². The summed E-state index contributed by atoms with van der Waals surface area (Å²) in [5.41, 5.74) is 0. The second-order valence-corrected chi connectivity index (χ2v) is 4.37. The minimum absolute atomic E-state index is 0.360. The predicted molar refractivity (Wildman–Crippen MR) is 56.4 cm³/mol. The average Bonchev–Trinajstić information content (AvgIpc) is 2.37. The van der Waals surface area contributed by atoms with Crippen LogP contribution in [-0.2, 0) is 19.1 Å². The number of hydrogen-bond acceptors (Lipinski definition) is 8. The normalized spacial score (nSPS) is 40.6. The molecule has 5 atom stereocenters. The van der Waals surface area contributed by atoms with E-state index in [1.807, 2.05) is 0 Å². The standard InChI is InChI=1S/C10H15NO8/c12-1-4-8(15)9(16)7(10(17)19-4)11-5(13)2-18-3-6(11)14/h4,7-10,12,15-17H,1-3H2/t4-,7-,8-,9-,10-/m1/s1. The Labute approximate surface area is 107 Å². The van der Waals surface area contributed by atoms with Gasteiger partial charge >= 0.3 is 0 Å². The highest BCUT2D eigenvalue weighted by atomic mass is 16.6. The molecule has 0 saturated carbocycles. The summed E-state index contributed by atoms with van der Waals surface area (Å²) in [7, 11) is 0. The van der Waals surface area contributed by atoms with Crippen molar-refractivity contribution < 1.29 is 39.5 Å². The minimum Gasteiger partial charge on any atom is -0.394 e. The van der Waals surface area contributed by atoms with Gasteiger partial charge in [-0.1, -0.05) is 0 Å².